The van der Waals surface area contributed by atoms with E-state index in [9.17, 15) is 13.2 Å². The van der Waals surface area contributed by atoms with Crippen LogP contribution in [0.3, 0.4) is 0 Å². The fraction of sp³-hybridized carbons (Fsp3) is 0.538. The lowest BCUT2D eigenvalue weighted by molar-refractivity contribution is -0.141. The van der Waals surface area contributed by atoms with Gasteiger partial charge in [0.2, 0.25) is 0 Å². The molecule has 2 aromatic rings. The SMILES string of the molecule is CCCc1cc(NCCCN)n2nc(C(F)(F)F)cc2n1. The largest absolute Gasteiger partial charge is 0.435 e. The summed E-state index contributed by atoms with van der Waals surface area (Å²) in [6.07, 6.45) is -2.19. The lowest BCUT2D eigenvalue weighted by Crippen LogP contribution is -2.12. The number of hydrogen-bond donors (Lipinski definition) is 2. The maximum Gasteiger partial charge on any atom is 0.435 e. The topological polar surface area (TPSA) is 68.2 Å². The van der Waals surface area contributed by atoms with E-state index in [4.69, 9.17) is 5.73 Å². The number of rotatable bonds is 6. The Morgan fingerprint density at radius 2 is 2.10 bits per heavy atom. The number of halogens is 3. The fourth-order valence-electron chi connectivity index (χ4n) is 1.99. The summed E-state index contributed by atoms with van der Waals surface area (Å²) in [5.41, 5.74) is 5.42. The summed E-state index contributed by atoms with van der Waals surface area (Å²) in [4.78, 5) is 4.22. The summed E-state index contributed by atoms with van der Waals surface area (Å²) in [6.45, 7) is 3.07. The third-order valence-corrected chi connectivity index (χ3v) is 2.96. The highest BCUT2D eigenvalue weighted by Crippen LogP contribution is 2.29. The van der Waals surface area contributed by atoms with Crippen molar-refractivity contribution in [3.8, 4) is 0 Å². The van der Waals surface area contributed by atoms with Crippen molar-refractivity contribution in [1.29, 1.82) is 0 Å². The number of nitrogens with one attached hydrogen (secondary N) is 1. The Bertz CT molecular complexity index is 606. The first kappa shape index (κ1) is 15.6. The monoisotopic (exact) mass is 301 g/mol. The Hall–Kier alpha value is -1.83. The molecule has 2 rings (SSSR count). The summed E-state index contributed by atoms with van der Waals surface area (Å²) in [7, 11) is 0. The molecule has 0 bridgehead atoms. The highest BCUT2D eigenvalue weighted by Gasteiger charge is 2.34. The van der Waals surface area contributed by atoms with Gasteiger partial charge in [0.1, 0.15) is 5.82 Å². The molecule has 0 aromatic carbocycles. The first-order valence-corrected chi connectivity index (χ1v) is 6.86. The molecule has 21 heavy (non-hydrogen) atoms. The van der Waals surface area contributed by atoms with Crippen LogP contribution in [-0.2, 0) is 12.6 Å². The van der Waals surface area contributed by atoms with Crippen molar-refractivity contribution in [2.45, 2.75) is 32.4 Å². The summed E-state index contributed by atoms with van der Waals surface area (Å²) < 4.78 is 39.5. The van der Waals surface area contributed by atoms with Crippen molar-refractivity contribution in [3.05, 3.63) is 23.5 Å². The standard InChI is InChI=1S/C13H18F3N5/c1-2-4-9-7-11(18-6-3-5-17)21-12(19-9)8-10(20-21)13(14,15)16/h7-8,18H,2-6,17H2,1H3. The van der Waals surface area contributed by atoms with Gasteiger partial charge in [-0.1, -0.05) is 13.3 Å². The van der Waals surface area contributed by atoms with E-state index in [1.807, 2.05) is 6.92 Å². The second-order valence-corrected chi connectivity index (χ2v) is 4.75. The van der Waals surface area contributed by atoms with Crippen molar-refractivity contribution in [2.24, 2.45) is 5.73 Å². The van der Waals surface area contributed by atoms with Crippen LogP contribution < -0.4 is 11.1 Å². The number of nitrogens with zero attached hydrogens (tertiary/aromatic N) is 3. The molecule has 0 saturated heterocycles. The molecular weight excluding hydrogens is 283 g/mol. The van der Waals surface area contributed by atoms with Crippen LogP contribution >= 0.6 is 0 Å². The highest BCUT2D eigenvalue weighted by molar-refractivity contribution is 5.51. The Morgan fingerprint density at radius 3 is 2.71 bits per heavy atom. The van der Waals surface area contributed by atoms with Crippen LogP contribution in [-0.4, -0.2) is 27.7 Å². The van der Waals surface area contributed by atoms with Gasteiger partial charge >= 0.3 is 6.18 Å². The highest BCUT2D eigenvalue weighted by atomic mass is 19.4. The number of alkyl halides is 3. The molecule has 0 unspecified atom stereocenters. The molecule has 0 aliphatic heterocycles. The fourth-order valence-corrected chi connectivity index (χ4v) is 1.99. The van der Waals surface area contributed by atoms with Gasteiger partial charge in [-0.15, -0.1) is 0 Å². The molecule has 0 atom stereocenters. The zero-order chi connectivity index (χ0) is 15.5. The van der Waals surface area contributed by atoms with E-state index in [1.54, 1.807) is 6.07 Å². The van der Waals surface area contributed by atoms with Crippen molar-refractivity contribution in [3.63, 3.8) is 0 Å². The molecule has 0 saturated carbocycles. The first-order valence-electron chi connectivity index (χ1n) is 6.86. The van der Waals surface area contributed by atoms with Crippen molar-refractivity contribution >= 4 is 11.5 Å². The van der Waals surface area contributed by atoms with Crippen LogP contribution in [0.2, 0.25) is 0 Å². The van der Waals surface area contributed by atoms with Gasteiger partial charge in [0.05, 0.1) is 0 Å². The second kappa shape index (κ2) is 6.30. The lowest BCUT2D eigenvalue weighted by atomic mass is 10.2. The van der Waals surface area contributed by atoms with E-state index >= 15 is 0 Å². The van der Waals surface area contributed by atoms with E-state index in [1.165, 1.54) is 4.52 Å². The van der Waals surface area contributed by atoms with Crippen LogP contribution in [0, 0.1) is 0 Å². The average Bonchev–Trinajstić information content (AvgIpc) is 2.83. The summed E-state index contributed by atoms with van der Waals surface area (Å²) >= 11 is 0. The minimum atomic E-state index is -4.48. The summed E-state index contributed by atoms with van der Waals surface area (Å²) in [5.74, 6) is 0.507. The molecule has 0 spiro atoms. The molecule has 116 valence electrons. The van der Waals surface area contributed by atoms with Crippen LogP contribution in [0.25, 0.3) is 5.65 Å². The molecule has 0 fully saturated rings. The zero-order valence-corrected chi connectivity index (χ0v) is 11.7. The third-order valence-electron chi connectivity index (χ3n) is 2.96. The van der Waals surface area contributed by atoms with Crippen LogP contribution in [0.15, 0.2) is 12.1 Å². The molecule has 3 N–H and O–H groups in total. The molecule has 0 aliphatic carbocycles. The molecule has 2 heterocycles. The molecule has 2 aromatic heterocycles. The van der Waals surface area contributed by atoms with Crippen molar-refractivity contribution in [1.82, 2.24) is 14.6 Å². The van der Waals surface area contributed by atoms with Gasteiger partial charge in [0, 0.05) is 24.4 Å². The van der Waals surface area contributed by atoms with E-state index in [0.717, 1.165) is 24.6 Å². The van der Waals surface area contributed by atoms with Crippen LogP contribution in [0.5, 0.6) is 0 Å². The molecule has 0 radical (unpaired) electrons. The molecular formula is C13H18F3N5. The van der Waals surface area contributed by atoms with E-state index in [0.29, 0.717) is 25.3 Å². The Kier molecular flexibility index (Phi) is 4.66. The van der Waals surface area contributed by atoms with Gasteiger partial charge in [-0.3, -0.25) is 0 Å². The Balaban J connectivity index is 2.43. The maximum atomic E-state index is 12.8. The summed E-state index contributed by atoms with van der Waals surface area (Å²) in [5, 5.41) is 6.66. The minimum Gasteiger partial charge on any atom is -0.370 e. The maximum absolute atomic E-state index is 12.8. The smallest absolute Gasteiger partial charge is 0.370 e. The molecule has 5 nitrogen and oxygen atoms in total. The Labute approximate surface area is 120 Å². The van der Waals surface area contributed by atoms with Crippen LogP contribution in [0.4, 0.5) is 19.0 Å². The van der Waals surface area contributed by atoms with E-state index in [-0.39, 0.29) is 5.65 Å². The molecule has 0 amide bonds. The van der Waals surface area contributed by atoms with E-state index in [2.05, 4.69) is 15.4 Å². The second-order valence-electron chi connectivity index (χ2n) is 4.75. The first-order chi connectivity index (χ1) is 9.95. The van der Waals surface area contributed by atoms with Gasteiger partial charge in [0.15, 0.2) is 11.3 Å². The molecule has 8 heteroatoms. The van der Waals surface area contributed by atoms with Crippen molar-refractivity contribution in [2.75, 3.05) is 18.4 Å². The Morgan fingerprint density at radius 1 is 1.33 bits per heavy atom. The number of aromatic nitrogens is 3. The van der Waals surface area contributed by atoms with Gasteiger partial charge in [-0.05, 0) is 19.4 Å². The van der Waals surface area contributed by atoms with Gasteiger partial charge < -0.3 is 11.1 Å². The van der Waals surface area contributed by atoms with Gasteiger partial charge in [-0.25, -0.2) is 4.98 Å². The lowest BCUT2D eigenvalue weighted by Gasteiger charge is -2.09. The average molecular weight is 301 g/mol. The molecule has 0 aliphatic rings. The summed E-state index contributed by atoms with van der Waals surface area (Å²) in [6, 6.07) is 2.70. The number of aryl methyl sites for hydroxylation is 1. The zero-order valence-electron chi connectivity index (χ0n) is 11.7. The number of nitrogens with two attached hydrogens (primary N) is 1. The van der Waals surface area contributed by atoms with E-state index < -0.39 is 11.9 Å². The predicted molar refractivity (Wildman–Crippen MR) is 74.1 cm³/mol. The third kappa shape index (κ3) is 3.63. The van der Waals surface area contributed by atoms with Crippen molar-refractivity contribution < 1.29 is 13.2 Å². The minimum absolute atomic E-state index is 0.198. The number of anilines is 1. The van der Waals surface area contributed by atoms with Gasteiger partial charge in [-0.2, -0.15) is 22.8 Å². The van der Waals surface area contributed by atoms with Crippen LogP contribution in [0.1, 0.15) is 31.2 Å². The van der Waals surface area contributed by atoms with Gasteiger partial charge in [0.25, 0.3) is 0 Å². The normalized spacial score (nSPS) is 12.0. The number of fused-ring (bicyclic) bond motifs is 1. The quantitative estimate of drug-likeness (QED) is 0.804. The predicted octanol–water partition coefficient (Wildman–Crippen LogP) is 2.46. The number of hydrogen-bond acceptors (Lipinski definition) is 4.